The van der Waals surface area contributed by atoms with Crippen LogP contribution in [0.2, 0.25) is 0 Å². The van der Waals surface area contributed by atoms with Crippen molar-refractivity contribution >= 4 is 48.1 Å². The molecule has 4 aromatic rings. The molecule has 11 heteroatoms. The molecule has 6 nitrogen and oxygen atoms in total. The second kappa shape index (κ2) is 10.0. The highest BCUT2D eigenvalue weighted by molar-refractivity contribution is 9.10. The van der Waals surface area contributed by atoms with E-state index >= 15 is 0 Å². The number of rotatable bonds is 4. The number of piperazine rings is 1. The van der Waals surface area contributed by atoms with Crippen LogP contribution in [0.4, 0.5) is 18.9 Å². The number of anilines is 1. The first-order chi connectivity index (χ1) is 18.0. The Kier molecular flexibility index (Phi) is 6.91. The second-order valence-electron chi connectivity index (χ2n) is 8.85. The van der Waals surface area contributed by atoms with Gasteiger partial charge in [-0.25, -0.2) is 8.42 Å². The van der Waals surface area contributed by atoms with Crippen molar-refractivity contribution in [1.29, 1.82) is 0 Å². The van der Waals surface area contributed by atoms with Gasteiger partial charge in [0.1, 0.15) is 0 Å². The van der Waals surface area contributed by atoms with Gasteiger partial charge in [-0.05, 0) is 65.4 Å². The topological polar surface area (TPSA) is 70.6 Å². The molecule has 196 valence electrons. The number of halogens is 4. The van der Waals surface area contributed by atoms with Gasteiger partial charge in [-0.2, -0.15) is 13.2 Å². The monoisotopic (exact) mass is 603 g/mol. The molecule has 0 atom stereocenters. The van der Waals surface area contributed by atoms with Gasteiger partial charge in [-0.1, -0.05) is 28.1 Å². The lowest BCUT2D eigenvalue weighted by Gasteiger charge is -2.36. The molecule has 1 aliphatic heterocycles. The van der Waals surface area contributed by atoms with Crippen molar-refractivity contribution < 1.29 is 26.4 Å². The summed E-state index contributed by atoms with van der Waals surface area (Å²) in [5, 5.41) is 1.40. The molecule has 1 amide bonds. The van der Waals surface area contributed by atoms with E-state index in [-0.39, 0.29) is 18.0 Å². The van der Waals surface area contributed by atoms with Gasteiger partial charge >= 0.3 is 6.18 Å². The summed E-state index contributed by atoms with van der Waals surface area (Å²) < 4.78 is 69.7. The minimum Gasteiger partial charge on any atom is -0.368 e. The van der Waals surface area contributed by atoms with E-state index in [1.54, 1.807) is 30.6 Å². The quantitative estimate of drug-likeness (QED) is 0.294. The Hall–Kier alpha value is -3.44. The fourth-order valence-corrected chi connectivity index (χ4v) is 6.20. The molecule has 1 aromatic heterocycles. The van der Waals surface area contributed by atoms with Crippen LogP contribution < -0.4 is 4.90 Å². The SMILES string of the molecule is O=C(c1ccc(S(=O)(=O)c2ccc3cc(Br)ccc3c2)cc1C(F)(F)F)N1CCN(c2ccncc2)CC1. The first kappa shape index (κ1) is 26.2. The van der Waals surface area contributed by atoms with Crippen molar-refractivity contribution in [3.8, 4) is 0 Å². The highest BCUT2D eigenvalue weighted by Crippen LogP contribution is 2.36. The summed E-state index contributed by atoms with van der Waals surface area (Å²) in [5.41, 5.74) is -0.930. The molecule has 0 bridgehead atoms. The van der Waals surface area contributed by atoms with E-state index in [9.17, 15) is 26.4 Å². The fraction of sp³-hybridized carbons (Fsp3) is 0.185. The number of carbonyl (C=O) groups is 1. The molecule has 1 fully saturated rings. The van der Waals surface area contributed by atoms with Gasteiger partial charge in [-0.15, -0.1) is 0 Å². The fourth-order valence-electron chi connectivity index (χ4n) is 4.50. The molecule has 3 aromatic carbocycles. The summed E-state index contributed by atoms with van der Waals surface area (Å²) >= 11 is 3.35. The zero-order valence-electron chi connectivity index (χ0n) is 19.8. The third-order valence-electron chi connectivity index (χ3n) is 6.52. The Morgan fingerprint density at radius 3 is 2.11 bits per heavy atom. The van der Waals surface area contributed by atoms with Crippen LogP contribution in [0.15, 0.2) is 93.4 Å². The van der Waals surface area contributed by atoms with E-state index in [1.807, 2.05) is 23.1 Å². The van der Waals surface area contributed by atoms with Crippen LogP contribution in [0.5, 0.6) is 0 Å². The molecule has 5 rings (SSSR count). The lowest BCUT2D eigenvalue weighted by Crippen LogP contribution is -2.49. The molecular formula is C27H21BrF3N3O3S. The minimum atomic E-state index is -4.93. The van der Waals surface area contributed by atoms with E-state index in [0.29, 0.717) is 24.5 Å². The summed E-state index contributed by atoms with van der Waals surface area (Å²) in [5.74, 6) is -0.785. The molecule has 0 aliphatic carbocycles. The number of amides is 1. The predicted molar refractivity (Wildman–Crippen MR) is 141 cm³/mol. The Balaban J connectivity index is 1.44. The van der Waals surface area contributed by atoms with Gasteiger partial charge in [0, 0.05) is 48.7 Å². The number of hydrogen-bond donors (Lipinski definition) is 0. The van der Waals surface area contributed by atoms with E-state index in [0.717, 1.165) is 27.7 Å². The zero-order valence-corrected chi connectivity index (χ0v) is 22.2. The molecule has 1 aliphatic rings. The zero-order chi connectivity index (χ0) is 27.1. The van der Waals surface area contributed by atoms with Crippen molar-refractivity contribution in [2.75, 3.05) is 31.1 Å². The Bertz CT molecular complexity index is 1620. The first-order valence-corrected chi connectivity index (χ1v) is 13.9. The van der Waals surface area contributed by atoms with E-state index in [2.05, 4.69) is 20.9 Å². The Morgan fingerprint density at radius 1 is 0.816 bits per heavy atom. The first-order valence-electron chi connectivity index (χ1n) is 11.6. The standard InChI is InChI=1S/C27H21BrF3N3O3S/c28-20-3-1-19-16-22(4-2-18(19)15-20)38(36,37)23-5-6-24(25(17-23)27(29,30)31)26(35)34-13-11-33(12-14-34)21-7-9-32-10-8-21/h1-10,15-17H,11-14H2. The smallest absolute Gasteiger partial charge is 0.368 e. The molecule has 0 spiro atoms. The third-order valence-corrected chi connectivity index (χ3v) is 8.76. The van der Waals surface area contributed by atoms with E-state index in [1.165, 1.54) is 17.0 Å². The number of benzene rings is 3. The number of carbonyl (C=O) groups excluding carboxylic acids is 1. The van der Waals surface area contributed by atoms with Crippen LogP contribution in [0, 0.1) is 0 Å². The summed E-state index contributed by atoms with van der Waals surface area (Å²) in [6.45, 7) is 1.35. The summed E-state index contributed by atoms with van der Waals surface area (Å²) in [4.78, 5) is 19.9. The van der Waals surface area contributed by atoms with Crippen molar-refractivity contribution in [3.05, 3.63) is 94.7 Å². The van der Waals surface area contributed by atoms with Gasteiger partial charge in [0.15, 0.2) is 0 Å². The minimum absolute atomic E-state index is 0.133. The maximum absolute atomic E-state index is 14.1. The third kappa shape index (κ3) is 5.12. The Labute approximate surface area is 225 Å². The van der Waals surface area contributed by atoms with Crippen molar-refractivity contribution in [2.45, 2.75) is 16.0 Å². The number of sulfone groups is 1. The molecule has 2 heterocycles. The average Bonchev–Trinajstić information content (AvgIpc) is 2.92. The van der Waals surface area contributed by atoms with Crippen LogP contribution in [0.3, 0.4) is 0 Å². The van der Waals surface area contributed by atoms with Gasteiger partial charge in [0.2, 0.25) is 9.84 Å². The molecule has 0 unspecified atom stereocenters. The van der Waals surface area contributed by atoms with Gasteiger partial charge in [-0.3, -0.25) is 9.78 Å². The molecule has 0 N–H and O–H groups in total. The highest BCUT2D eigenvalue weighted by Gasteiger charge is 2.38. The van der Waals surface area contributed by atoms with Crippen LogP contribution in [-0.4, -0.2) is 50.4 Å². The van der Waals surface area contributed by atoms with Crippen LogP contribution >= 0.6 is 15.9 Å². The van der Waals surface area contributed by atoms with E-state index in [4.69, 9.17) is 0 Å². The number of pyridine rings is 1. The van der Waals surface area contributed by atoms with Gasteiger partial charge in [0.05, 0.1) is 20.9 Å². The number of aromatic nitrogens is 1. The number of fused-ring (bicyclic) bond motifs is 1. The predicted octanol–water partition coefficient (Wildman–Crippen LogP) is 5.81. The van der Waals surface area contributed by atoms with E-state index < -0.39 is 37.9 Å². The van der Waals surface area contributed by atoms with Crippen molar-refractivity contribution in [1.82, 2.24) is 9.88 Å². The number of nitrogens with zero attached hydrogens (tertiary/aromatic N) is 3. The largest absolute Gasteiger partial charge is 0.417 e. The summed E-state index contributed by atoms with van der Waals surface area (Å²) in [7, 11) is -4.28. The average molecular weight is 604 g/mol. The maximum Gasteiger partial charge on any atom is 0.417 e. The molecule has 38 heavy (non-hydrogen) atoms. The van der Waals surface area contributed by atoms with Crippen LogP contribution in [-0.2, 0) is 16.0 Å². The summed E-state index contributed by atoms with van der Waals surface area (Å²) in [6.07, 6.45) is -1.63. The normalized spacial score (nSPS) is 14.6. The van der Waals surface area contributed by atoms with Crippen LogP contribution in [0.25, 0.3) is 10.8 Å². The highest BCUT2D eigenvalue weighted by atomic mass is 79.9. The van der Waals surface area contributed by atoms with Crippen LogP contribution in [0.1, 0.15) is 15.9 Å². The number of alkyl halides is 3. The van der Waals surface area contributed by atoms with Crippen molar-refractivity contribution in [3.63, 3.8) is 0 Å². The lowest BCUT2D eigenvalue weighted by atomic mass is 10.1. The molecular weight excluding hydrogens is 583 g/mol. The van der Waals surface area contributed by atoms with Gasteiger partial charge in [0.25, 0.3) is 5.91 Å². The maximum atomic E-state index is 14.1. The molecule has 0 radical (unpaired) electrons. The van der Waals surface area contributed by atoms with Gasteiger partial charge < -0.3 is 9.80 Å². The van der Waals surface area contributed by atoms with Crippen molar-refractivity contribution in [2.24, 2.45) is 0 Å². The molecule has 1 saturated heterocycles. The second-order valence-corrected chi connectivity index (χ2v) is 11.7. The lowest BCUT2D eigenvalue weighted by molar-refractivity contribution is -0.138. The Morgan fingerprint density at radius 2 is 1.42 bits per heavy atom. The number of hydrogen-bond acceptors (Lipinski definition) is 5. The molecule has 0 saturated carbocycles. The summed E-state index contributed by atoms with van der Waals surface area (Å²) in [6, 6.07) is 15.9.